The first kappa shape index (κ1) is 16.2. The topological polar surface area (TPSA) is 72.2 Å². The van der Waals surface area contributed by atoms with E-state index in [4.69, 9.17) is 5.73 Å². The van der Waals surface area contributed by atoms with Gasteiger partial charge in [0.1, 0.15) is 5.25 Å². The molecule has 19 heavy (non-hydrogen) atoms. The van der Waals surface area contributed by atoms with E-state index in [1.54, 1.807) is 25.1 Å². The van der Waals surface area contributed by atoms with E-state index in [1.165, 1.54) is 0 Å². The summed E-state index contributed by atoms with van der Waals surface area (Å²) in [6.07, 6.45) is 0.839. The summed E-state index contributed by atoms with van der Waals surface area (Å²) in [5.74, 6) is -0.213. The van der Waals surface area contributed by atoms with Crippen LogP contribution in [-0.4, -0.2) is 21.4 Å². The number of halogens is 1. The fraction of sp³-hybridized carbons (Fsp3) is 0.462. The van der Waals surface area contributed by atoms with Crippen molar-refractivity contribution in [3.8, 4) is 0 Å². The van der Waals surface area contributed by atoms with Crippen molar-refractivity contribution in [2.75, 3.05) is 5.73 Å². The molecule has 0 radical (unpaired) electrons. The third-order valence-corrected chi connectivity index (χ3v) is 5.03. The van der Waals surface area contributed by atoms with Gasteiger partial charge in [0.15, 0.2) is 0 Å². The maximum atomic E-state index is 12.3. The van der Waals surface area contributed by atoms with Gasteiger partial charge in [0.25, 0.3) is 0 Å². The van der Waals surface area contributed by atoms with Crippen molar-refractivity contribution in [3.63, 3.8) is 0 Å². The molecule has 0 aliphatic carbocycles. The molecule has 1 amide bonds. The number of rotatable bonds is 5. The molecule has 0 saturated heterocycles. The van der Waals surface area contributed by atoms with Crippen molar-refractivity contribution < 1.29 is 9.00 Å². The number of nitrogen functional groups attached to an aromatic ring is 1. The van der Waals surface area contributed by atoms with Gasteiger partial charge in [-0.1, -0.05) is 22.9 Å². The van der Waals surface area contributed by atoms with E-state index in [0.29, 0.717) is 10.6 Å². The Kier molecular flexibility index (Phi) is 6.00. The summed E-state index contributed by atoms with van der Waals surface area (Å²) in [5.41, 5.74) is 6.26. The highest BCUT2D eigenvalue weighted by atomic mass is 79.9. The normalized spacial score (nSPS) is 15.6. The van der Waals surface area contributed by atoms with Gasteiger partial charge in [0.2, 0.25) is 5.91 Å². The molecule has 0 aromatic heterocycles. The molecular weight excluding hydrogens is 328 g/mol. The largest absolute Gasteiger partial charge is 0.398 e. The smallest absolute Gasteiger partial charge is 0.236 e. The molecule has 4 nitrogen and oxygen atoms in total. The molecule has 3 unspecified atom stereocenters. The zero-order chi connectivity index (χ0) is 14.6. The molecule has 0 fully saturated rings. The highest BCUT2D eigenvalue weighted by Gasteiger charge is 2.23. The van der Waals surface area contributed by atoms with E-state index >= 15 is 0 Å². The fourth-order valence-electron chi connectivity index (χ4n) is 1.45. The minimum atomic E-state index is -1.45. The molecular formula is C13H19BrN2O2S. The lowest BCUT2D eigenvalue weighted by Gasteiger charge is -2.16. The third kappa shape index (κ3) is 4.31. The van der Waals surface area contributed by atoms with Gasteiger partial charge in [0, 0.05) is 16.2 Å². The lowest BCUT2D eigenvalue weighted by atomic mass is 10.2. The number of hydrogen-bond donors (Lipinski definition) is 2. The van der Waals surface area contributed by atoms with Gasteiger partial charge in [-0.05, 0) is 38.5 Å². The molecule has 1 aromatic rings. The first-order chi connectivity index (χ1) is 8.86. The molecule has 0 heterocycles. The first-order valence-corrected chi connectivity index (χ1v) is 8.13. The van der Waals surface area contributed by atoms with Gasteiger partial charge in [-0.25, -0.2) is 0 Å². The van der Waals surface area contributed by atoms with E-state index in [0.717, 1.165) is 10.9 Å². The monoisotopic (exact) mass is 346 g/mol. The van der Waals surface area contributed by atoms with Crippen LogP contribution in [0.1, 0.15) is 27.2 Å². The fourth-order valence-corrected chi connectivity index (χ4v) is 2.97. The number of carbonyl (C=O) groups excluding carboxylic acids is 1. The van der Waals surface area contributed by atoms with Crippen molar-refractivity contribution >= 4 is 38.3 Å². The number of nitrogens with one attached hydrogen (secondary N) is 1. The van der Waals surface area contributed by atoms with Crippen LogP contribution in [0.15, 0.2) is 27.6 Å². The number of amides is 1. The second kappa shape index (κ2) is 7.05. The zero-order valence-corrected chi connectivity index (χ0v) is 13.7. The van der Waals surface area contributed by atoms with Gasteiger partial charge in [-0.15, -0.1) is 0 Å². The molecule has 1 rings (SSSR count). The van der Waals surface area contributed by atoms with Crippen LogP contribution < -0.4 is 11.1 Å². The van der Waals surface area contributed by atoms with Gasteiger partial charge in [-0.3, -0.25) is 9.00 Å². The maximum absolute atomic E-state index is 12.3. The standard InChI is InChI=1S/C13H19BrN2O2S/c1-4-8(2)16-13(17)9(3)19(18)12-6-5-10(14)7-11(12)15/h5-9H,4,15H2,1-3H3,(H,16,17). The number of benzene rings is 1. The molecule has 106 valence electrons. The number of anilines is 1. The molecule has 0 bridgehead atoms. The Balaban J connectivity index is 2.84. The Morgan fingerprint density at radius 2 is 2.11 bits per heavy atom. The van der Waals surface area contributed by atoms with Crippen LogP contribution in [0.5, 0.6) is 0 Å². The number of carbonyl (C=O) groups is 1. The first-order valence-electron chi connectivity index (χ1n) is 6.12. The van der Waals surface area contributed by atoms with Crippen molar-refractivity contribution in [1.29, 1.82) is 0 Å². The van der Waals surface area contributed by atoms with Crippen LogP contribution in [0.25, 0.3) is 0 Å². The van der Waals surface area contributed by atoms with E-state index in [1.807, 2.05) is 13.8 Å². The minimum Gasteiger partial charge on any atom is -0.398 e. The molecule has 3 N–H and O–H groups in total. The quantitative estimate of drug-likeness (QED) is 0.804. The summed E-state index contributed by atoms with van der Waals surface area (Å²) in [6, 6.07) is 5.21. The van der Waals surface area contributed by atoms with E-state index in [2.05, 4.69) is 21.2 Å². The van der Waals surface area contributed by atoms with Crippen molar-refractivity contribution in [1.82, 2.24) is 5.32 Å². The summed E-state index contributed by atoms with van der Waals surface area (Å²) >= 11 is 3.30. The number of hydrogen-bond acceptors (Lipinski definition) is 3. The van der Waals surface area contributed by atoms with Crippen LogP contribution in [0.4, 0.5) is 5.69 Å². The minimum absolute atomic E-state index is 0.0780. The Bertz CT molecular complexity index is 494. The van der Waals surface area contributed by atoms with E-state index < -0.39 is 16.0 Å². The molecule has 0 aliphatic rings. The van der Waals surface area contributed by atoms with Gasteiger partial charge in [0.05, 0.1) is 15.7 Å². The SMILES string of the molecule is CCC(C)NC(=O)C(C)S(=O)c1ccc(Br)cc1N. The van der Waals surface area contributed by atoms with Gasteiger partial charge >= 0.3 is 0 Å². The molecule has 1 aromatic carbocycles. The van der Waals surface area contributed by atoms with Gasteiger partial charge < -0.3 is 11.1 Å². The van der Waals surface area contributed by atoms with Crippen LogP contribution in [0, 0.1) is 0 Å². The maximum Gasteiger partial charge on any atom is 0.236 e. The van der Waals surface area contributed by atoms with Crippen molar-refractivity contribution in [3.05, 3.63) is 22.7 Å². The van der Waals surface area contributed by atoms with E-state index in [-0.39, 0.29) is 11.9 Å². The lowest BCUT2D eigenvalue weighted by Crippen LogP contribution is -2.40. The van der Waals surface area contributed by atoms with Crippen LogP contribution in [0.3, 0.4) is 0 Å². The van der Waals surface area contributed by atoms with Crippen LogP contribution in [0.2, 0.25) is 0 Å². The molecule has 6 heteroatoms. The Hall–Kier alpha value is -0.880. The summed E-state index contributed by atoms with van der Waals surface area (Å²) in [4.78, 5) is 12.4. The molecule has 3 atom stereocenters. The average Bonchev–Trinajstić information content (AvgIpc) is 2.36. The van der Waals surface area contributed by atoms with Crippen molar-refractivity contribution in [2.45, 2.75) is 43.4 Å². The zero-order valence-electron chi connectivity index (χ0n) is 11.3. The van der Waals surface area contributed by atoms with Gasteiger partial charge in [-0.2, -0.15) is 0 Å². The highest BCUT2D eigenvalue weighted by molar-refractivity contribution is 9.10. The van der Waals surface area contributed by atoms with E-state index in [9.17, 15) is 9.00 Å². The summed E-state index contributed by atoms with van der Waals surface area (Å²) in [6.45, 7) is 5.55. The Morgan fingerprint density at radius 3 is 2.63 bits per heavy atom. The summed E-state index contributed by atoms with van der Waals surface area (Å²) in [7, 11) is -1.45. The van der Waals surface area contributed by atoms with Crippen LogP contribution >= 0.6 is 15.9 Å². The Labute approximate surface area is 124 Å². The lowest BCUT2D eigenvalue weighted by molar-refractivity contribution is -0.120. The summed E-state index contributed by atoms with van der Waals surface area (Å²) in [5, 5.41) is 2.20. The van der Waals surface area contributed by atoms with Crippen molar-refractivity contribution in [2.24, 2.45) is 0 Å². The second-order valence-electron chi connectivity index (χ2n) is 4.44. The van der Waals surface area contributed by atoms with Crippen LogP contribution in [-0.2, 0) is 15.6 Å². The summed E-state index contributed by atoms with van der Waals surface area (Å²) < 4.78 is 13.2. The molecule has 0 saturated carbocycles. The molecule has 0 aliphatic heterocycles. The predicted octanol–water partition coefficient (Wildman–Crippen LogP) is 2.44. The third-order valence-electron chi connectivity index (χ3n) is 2.88. The average molecular weight is 347 g/mol. The number of nitrogens with two attached hydrogens (primary N) is 1. The predicted molar refractivity (Wildman–Crippen MR) is 82.3 cm³/mol. The second-order valence-corrected chi connectivity index (χ2v) is 7.10. The molecule has 0 spiro atoms. The Morgan fingerprint density at radius 1 is 1.47 bits per heavy atom. The highest BCUT2D eigenvalue weighted by Crippen LogP contribution is 2.23.